The fraction of sp³-hybridized carbons (Fsp3) is 0.500. The summed E-state index contributed by atoms with van der Waals surface area (Å²) in [7, 11) is -2.00. The van der Waals surface area contributed by atoms with Crippen molar-refractivity contribution in [3.05, 3.63) is 59.9 Å². The molecule has 3 aromatic rings. The Morgan fingerprint density at radius 1 is 1.10 bits per heavy atom. The van der Waals surface area contributed by atoms with Crippen LogP contribution in [0.15, 0.2) is 53.6 Å². The first-order valence-corrected chi connectivity index (χ1v) is 22.6. The van der Waals surface area contributed by atoms with Crippen LogP contribution in [0.3, 0.4) is 0 Å². The van der Waals surface area contributed by atoms with Gasteiger partial charge in [0.2, 0.25) is 0 Å². The van der Waals surface area contributed by atoms with Crippen LogP contribution in [0.4, 0.5) is 16.3 Å². The first kappa shape index (κ1) is 39.1. The van der Waals surface area contributed by atoms with E-state index in [1.54, 1.807) is 43.4 Å². The van der Waals surface area contributed by atoms with Gasteiger partial charge in [-0.25, -0.2) is 23.2 Å². The minimum atomic E-state index is -3.64. The van der Waals surface area contributed by atoms with Gasteiger partial charge >= 0.3 is 6.09 Å². The number of nitrogens with two attached hydrogens (primary N) is 1. The summed E-state index contributed by atoms with van der Waals surface area (Å²) < 4.78 is 45.3. The Morgan fingerprint density at radius 3 is 2.47 bits per heavy atom. The fourth-order valence-electron chi connectivity index (χ4n) is 6.34. The predicted molar refractivity (Wildman–Crippen MR) is 208 cm³/mol. The Balaban J connectivity index is 1.49. The molecule has 51 heavy (non-hydrogen) atoms. The lowest BCUT2D eigenvalue weighted by Crippen LogP contribution is -2.36. The number of para-hydroxylation sites is 1. The standard InChI is InChI=1S/C36H47IN5O7PS/c1-34(2,3)48-33(44)42(5)22-25-11-10-12-27-30(25)47-20-9-7-6-8-17-35(4,49-50-37)23-36(18-19-36)51(45,46)26-15-13-24(14-16-26)28-21-39-31(38)29(40-28)32(43)41-27/h10-16,21,50H,6-9,17-20,22-23H2,1-5H3,(H2,38,39)(H,41,43). The maximum atomic E-state index is 14.0. The van der Waals surface area contributed by atoms with Gasteiger partial charge in [0.15, 0.2) is 21.3 Å². The number of nitrogens with one attached hydrogen (secondary N) is 1. The van der Waals surface area contributed by atoms with E-state index in [0.717, 1.165) is 32.1 Å². The van der Waals surface area contributed by atoms with E-state index in [4.69, 9.17) is 19.7 Å². The monoisotopic (exact) mass is 851 g/mol. The number of carbonyl (C=O) groups is 2. The molecular formula is C36H47IN5O7PS. The topological polar surface area (TPSA) is 163 Å². The predicted octanol–water partition coefficient (Wildman–Crippen LogP) is 8.10. The number of ether oxygens (including phenoxy) is 2. The zero-order valence-electron chi connectivity index (χ0n) is 29.8. The largest absolute Gasteiger partial charge is 0.491 e. The molecule has 2 amide bonds. The number of nitrogens with zero attached hydrogens (tertiary/aromatic N) is 3. The summed E-state index contributed by atoms with van der Waals surface area (Å²) in [4.78, 5) is 37.0. The van der Waals surface area contributed by atoms with Gasteiger partial charge in [0.25, 0.3) is 5.91 Å². The van der Waals surface area contributed by atoms with Crippen LogP contribution in [-0.4, -0.2) is 64.9 Å². The number of sulfone groups is 1. The Hall–Kier alpha value is -3.07. The number of amides is 2. The van der Waals surface area contributed by atoms with Crippen LogP contribution in [0.25, 0.3) is 11.3 Å². The van der Waals surface area contributed by atoms with Gasteiger partial charge in [0, 0.05) is 18.2 Å². The summed E-state index contributed by atoms with van der Waals surface area (Å²) in [5, 5.41) is 2.90. The number of fused-ring (bicyclic) bond motifs is 11. The zero-order valence-corrected chi connectivity index (χ0v) is 33.7. The van der Waals surface area contributed by atoms with Crippen molar-refractivity contribution in [1.82, 2.24) is 14.9 Å². The molecule has 0 radical (unpaired) electrons. The van der Waals surface area contributed by atoms with E-state index in [2.05, 4.69) is 37.3 Å². The molecule has 2 atom stereocenters. The molecule has 6 rings (SSSR count). The Labute approximate surface area is 315 Å². The summed E-state index contributed by atoms with van der Waals surface area (Å²) in [6, 6.07) is 11.9. The lowest BCUT2D eigenvalue weighted by molar-refractivity contribution is 0.0283. The number of anilines is 2. The highest BCUT2D eigenvalue weighted by Crippen LogP contribution is 2.54. The number of aromatic nitrogens is 2. The molecule has 3 heterocycles. The second-order valence-electron chi connectivity index (χ2n) is 14.6. The average Bonchev–Trinajstić information content (AvgIpc) is 3.85. The van der Waals surface area contributed by atoms with E-state index in [9.17, 15) is 18.0 Å². The summed E-state index contributed by atoms with van der Waals surface area (Å²) >= 11 is 2.21. The normalized spacial score (nSPS) is 20.8. The number of benzene rings is 2. The van der Waals surface area contributed by atoms with Gasteiger partial charge in [-0.15, -0.1) is 0 Å². The van der Waals surface area contributed by atoms with Crippen LogP contribution in [0.1, 0.15) is 95.1 Å². The van der Waals surface area contributed by atoms with Gasteiger partial charge in [-0.3, -0.25) is 4.79 Å². The van der Waals surface area contributed by atoms with Crippen molar-refractivity contribution in [2.75, 3.05) is 24.7 Å². The van der Waals surface area contributed by atoms with Crippen LogP contribution in [0.2, 0.25) is 0 Å². The summed E-state index contributed by atoms with van der Waals surface area (Å²) in [5.74, 6) is -0.235. The third kappa shape index (κ3) is 9.49. The maximum absolute atomic E-state index is 14.0. The fourth-order valence-corrected chi connectivity index (χ4v) is 10.4. The number of carbonyl (C=O) groups excluding carboxylic acids is 2. The van der Waals surface area contributed by atoms with Crippen LogP contribution in [0.5, 0.6) is 5.75 Å². The highest BCUT2D eigenvalue weighted by molar-refractivity contribution is 14.2. The molecule has 1 aliphatic carbocycles. The van der Waals surface area contributed by atoms with E-state index in [1.165, 1.54) is 11.1 Å². The number of halogens is 1. The molecule has 1 aromatic heterocycles. The number of hydrogen-bond acceptors (Lipinski definition) is 10. The molecule has 3 N–H and O–H groups in total. The van der Waals surface area contributed by atoms with Crippen LogP contribution in [0, 0.1) is 0 Å². The minimum absolute atomic E-state index is 0.0683. The third-order valence-corrected chi connectivity index (χ3v) is 13.0. The van der Waals surface area contributed by atoms with Crippen LogP contribution >= 0.6 is 28.5 Å². The van der Waals surface area contributed by atoms with Gasteiger partial charge < -0.3 is 29.9 Å². The summed E-state index contributed by atoms with van der Waals surface area (Å²) in [5.41, 5.74) is 6.83. The zero-order chi connectivity index (χ0) is 37.0. The Kier molecular flexibility index (Phi) is 12.2. The van der Waals surface area contributed by atoms with Crippen molar-refractivity contribution in [3.8, 4) is 17.0 Å². The lowest BCUT2D eigenvalue weighted by atomic mass is 9.92. The molecule has 2 aliphatic heterocycles. The van der Waals surface area contributed by atoms with Crippen LogP contribution in [-0.2, 0) is 25.6 Å². The highest BCUT2D eigenvalue weighted by Gasteiger charge is 2.58. The van der Waals surface area contributed by atoms with Crippen molar-refractivity contribution < 1.29 is 32.0 Å². The minimum Gasteiger partial charge on any atom is -0.491 e. The molecule has 276 valence electrons. The summed E-state index contributed by atoms with van der Waals surface area (Å²) in [6.07, 6.45) is 6.73. The number of hydrogen-bond donors (Lipinski definition) is 2. The second-order valence-corrected chi connectivity index (χ2v) is 18.6. The van der Waals surface area contributed by atoms with Gasteiger partial charge in [0.1, 0.15) is 11.4 Å². The molecule has 2 aromatic carbocycles. The average molecular weight is 852 g/mol. The quantitative estimate of drug-likeness (QED) is 0.194. The van der Waals surface area contributed by atoms with Crippen molar-refractivity contribution in [1.29, 1.82) is 0 Å². The second kappa shape index (κ2) is 15.9. The lowest BCUT2D eigenvalue weighted by Gasteiger charge is -2.33. The molecule has 1 spiro atoms. The number of nitrogen functional groups attached to an aromatic ring is 1. The third-order valence-electron chi connectivity index (χ3n) is 9.14. The molecule has 1 fully saturated rings. The first-order chi connectivity index (χ1) is 24.1. The van der Waals surface area contributed by atoms with Crippen molar-refractivity contribution >= 4 is 61.8 Å². The molecule has 15 heteroatoms. The van der Waals surface area contributed by atoms with Crippen molar-refractivity contribution in [3.63, 3.8) is 0 Å². The van der Waals surface area contributed by atoms with E-state index in [0.29, 0.717) is 54.1 Å². The molecule has 12 nitrogen and oxygen atoms in total. The molecule has 1 saturated carbocycles. The van der Waals surface area contributed by atoms with Gasteiger partial charge in [-0.1, -0.05) is 43.5 Å². The van der Waals surface area contributed by atoms with E-state index in [-0.39, 0.29) is 29.4 Å². The molecule has 4 bridgehead atoms. The Morgan fingerprint density at radius 2 is 1.80 bits per heavy atom. The molecular weight excluding hydrogens is 804 g/mol. The van der Waals surface area contributed by atoms with E-state index in [1.807, 2.05) is 33.8 Å². The first-order valence-electron chi connectivity index (χ1n) is 17.1. The highest BCUT2D eigenvalue weighted by atomic mass is 127. The Bertz CT molecular complexity index is 1850. The SMILES string of the molecule is CN(Cc1cccc2c1OCCCCCCC(C)(OPI)CC1(CC1)S(=O)(=O)c1ccc(cc1)-c1cnc(N)c(n1)C(=O)N2)C(=O)OC(C)(C)C. The summed E-state index contributed by atoms with van der Waals surface area (Å²) in [6.45, 7) is 8.22. The van der Waals surface area contributed by atoms with Crippen molar-refractivity contribution in [2.45, 2.75) is 106 Å². The molecule has 2 unspecified atom stereocenters. The van der Waals surface area contributed by atoms with Crippen LogP contribution < -0.4 is 15.8 Å². The van der Waals surface area contributed by atoms with E-state index < -0.39 is 37.8 Å². The smallest absolute Gasteiger partial charge is 0.410 e. The molecule has 3 aliphatic rings. The van der Waals surface area contributed by atoms with Gasteiger partial charge in [0.05, 0.1) is 52.4 Å². The van der Waals surface area contributed by atoms with Crippen molar-refractivity contribution in [2.24, 2.45) is 0 Å². The number of rotatable bonds is 4. The van der Waals surface area contributed by atoms with E-state index >= 15 is 0 Å². The maximum Gasteiger partial charge on any atom is 0.410 e. The van der Waals surface area contributed by atoms with Gasteiger partial charge in [-0.05, 0) is 100 Å². The molecule has 0 saturated heterocycles. The van der Waals surface area contributed by atoms with Gasteiger partial charge in [-0.2, -0.15) is 0 Å².